The van der Waals surface area contributed by atoms with E-state index < -0.39 is 10.0 Å². The van der Waals surface area contributed by atoms with E-state index in [1.807, 2.05) is 0 Å². The Kier molecular flexibility index (Phi) is 4.41. The summed E-state index contributed by atoms with van der Waals surface area (Å²) in [6.07, 6.45) is 1.99. The maximum Gasteiger partial charge on any atom is 0.240 e. The van der Waals surface area contributed by atoms with Crippen LogP contribution in [0.15, 0.2) is 33.9 Å². The van der Waals surface area contributed by atoms with E-state index in [2.05, 4.69) is 30.7 Å². The molecule has 0 aliphatic carbocycles. The fourth-order valence-electron chi connectivity index (χ4n) is 1.57. The number of nitrogens with two attached hydrogens (primary N) is 1. The lowest BCUT2D eigenvalue weighted by atomic mass is 10.3. The van der Waals surface area contributed by atoms with Gasteiger partial charge < -0.3 is 5.73 Å². The Labute approximate surface area is 125 Å². The molecule has 2 rings (SSSR count). The number of rotatable bonds is 5. The minimum absolute atomic E-state index is 0.132. The van der Waals surface area contributed by atoms with Gasteiger partial charge in [-0.1, -0.05) is 0 Å². The van der Waals surface area contributed by atoms with Crippen molar-refractivity contribution in [2.45, 2.75) is 11.3 Å². The highest BCUT2D eigenvalue weighted by molar-refractivity contribution is 9.10. The molecule has 0 saturated heterocycles. The third-order valence-corrected chi connectivity index (χ3v) is 4.75. The Morgan fingerprint density at radius 2 is 2.20 bits per heavy atom. The summed E-state index contributed by atoms with van der Waals surface area (Å²) in [6, 6.07) is 4.50. The van der Waals surface area contributed by atoms with E-state index in [0.717, 1.165) is 0 Å². The van der Waals surface area contributed by atoms with Gasteiger partial charge in [0.05, 0.1) is 4.90 Å². The molecule has 1 aromatic carbocycles. The molecule has 0 aliphatic rings. The van der Waals surface area contributed by atoms with Gasteiger partial charge in [-0.15, -0.1) is 0 Å². The van der Waals surface area contributed by atoms with E-state index in [4.69, 9.17) is 5.73 Å². The number of nitrogen functional groups attached to an aromatic ring is 1. The molecule has 0 aliphatic heterocycles. The number of nitrogens with one attached hydrogen (secondary N) is 1. The van der Waals surface area contributed by atoms with Gasteiger partial charge in [0.15, 0.2) is 5.82 Å². The SMILES string of the molecule is Cn1cnc(CCNS(=O)(=O)c2ccc(Br)c(N)c2)n1. The van der Waals surface area contributed by atoms with Gasteiger partial charge in [0.25, 0.3) is 0 Å². The second-order valence-corrected chi connectivity index (χ2v) is 6.79. The topological polar surface area (TPSA) is 103 Å². The molecule has 0 fully saturated rings. The molecule has 20 heavy (non-hydrogen) atoms. The summed E-state index contributed by atoms with van der Waals surface area (Å²) in [4.78, 5) is 4.16. The van der Waals surface area contributed by atoms with Crippen LogP contribution in [0, 0.1) is 0 Å². The van der Waals surface area contributed by atoms with Crippen LogP contribution in [0.2, 0.25) is 0 Å². The number of halogens is 1. The molecule has 108 valence electrons. The highest BCUT2D eigenvalue weighted by atomic mass is 79.9. The Hall–Kier alpha value is -1.45. The normalized spacial score (nSPS) is 11.7. The average molecular weight is 360 g/mol. The van der Waals surface area contributed by atoms with E-state index in [0.29, 0.717) is 22.4 Å². The number of hydrogen-bond acceptors (Lipinski definition) is 5. The lowest BCUT2D eigenvalue weighted by Gasteiger charge is -2.07. The van der Waals surface area contributed by atoms with Crippen LogP contribution in [-0.2, 0) is 23.5 Å². The largest absolute Gasteiger partial charge is 0.398 e. The summed E-state index contributed by atoms with van der Waals surface area (Å²) in [5.74, 6) is 0.588. The lowest BCUT2D eigenvalue weighted by Crippen LogP contribution is -2.26. The smallest absolute Gasteiger partial charge is 0.240 e. The first-order valence-corrected chi connectivity index (χ1v) is 8.05. The Morgan fingerprint density at radius 3 is 2.80 bits per heavy atom. The fraction of sp³-hybridized carbons (Fsp3) is 0.273. The fourth-order valence-corrected chi connectivity index (χ4v) is 2.88. The van der Waals surface area contributed by atoms with Crippen LogP contribution in [0.3, 0.4) is 0 Å². The van der Waals surface area contributed by atoms with Crippen LogP contribution in [0.1, 0.15) is 5.82 Å². The van der Waals surface area contributed by atoms with Crippen LogP contribution in [0.25, 0.3) is 0 Å². The van der Waals surface area contributed by atoms with Crippen molar-refractivity contribution in [3.63, 3.8) is 0 Å². The van der Waals surface area contributed by atoms with Gasteiger partial charge in [-0.3, -0.25) is 4.68 Å². The highest BCUT2D eigenvalue weighted by Gasteiger charge is 2.14. The van der Waals surface area contributed by atoms with Crippen LogP contribution in [0.4, 0.5) is 5.69 Å². The molecule has 0 saturated carbocycles. The van der Waals surface area contributed by atoms with Crippen molar-refractivity contribution in [2.75, 3.05) is 12.3 Å². The van der Waals surface area contributed by atoms with E-state index in [1.165, 1.54) is 12.1 Å². The van der Waals surface area contributed by atoms with Crippen LogP contribution in [-0.4, -0.2) is 29.7 Å². The van der Waals surface area contributed by atoms with E-state index in [9.17, 15) is 8.42 Å². The van der Waals surface area contributed by atoms with Crippen molar-refractivity contribution in [2.24, 2.45) is 7.05 Å². The quantitative estimate of drug-likeness (QED) is 0.764. The summed E-state index contributed by atoms with van der Waals surface area (Å²) in [5.41, 5.74) is 6.05. The van der Waals surface area contributed by atoms with Gasteiger partial charge in [-0.05, 0) is 34.1 Å². The average Bonchev–Trinajstić information content (AvgIpc) is 2.78. The minimum atomic E-state index is -3.58. The number of sulfonamides is 1. The number of nitrogens with zero attached hydrogens (tertiary/aromatic N) is 3. The maximum absolute atomic E-state index is 12.1. The summed E-state index contributed by atoms with van der Waals surface area (Å²) in [7, 11) is -1.82. The third kappa shape index (κ3) is 3.56. The van der Waals surface area contributed by atoms with Gasteiger partial charge >= 0.3 is 0 Å². The Bertz CT molecular complexity index is 713. The van der Waals surface area contributed by atoms with Crippen molar-refractivity contribution < 1.29 is 8.42 Å². The molecule has 0 bridgehead atoms. The molecule has 1 aromatic heterocycles. The summed E-state index contributed by atoms with van der Waals surface area (Å²) in [6.45, 7) is 0.225. The zero-order chi connectivity index (χ0) is 14.8. The van der Waals surface area contributed by atoms with Gasteiger partial charge in [-0.25, -0.2) is 18.1 Å². The molecule has 1 heterocycles. The molecule has 0 atom stereocenters. The monoisotopic (exact) mass is 359 g/mol. The van der Waals surface area contributed by atoms with Crippen molar-refractivity contribution in [3.05, 3.63) is 34.8 Å². The van der Waals surface area contributed by atoms with Gasteiger partial charge in [0.2, 0.25) is 10.0 Å². The van der Waals surface area contributed by atoms with Crippen molar-refractivity contribution in [1.29, 1.82) is 0 Å². The van der Waals surface area contributed by atoms with Crippen molar-refractivity contribution in [3.8, 4) is 0 Å². The van der Waals surface area contributed by atoms with Gasteiger partial charge in [0.1, 0.15) is 6.33 Å². The minimum Gasteiger partial charge on any atom is -0.398 e. The van der Waals surface area contributed by atoms with Crippen molar-refractivity contribution >= 4 is 31.6 Å². The summed E-state index contributed by atoms with van der Waals surface area (Å²) < 4.78 is 28.8. The first-order valence-electron chi connectivity index (χ1n) is 5.78. The molecule has 9 heteroatoms. The number of aromatic nitrogens is 3. The molecule has 3 N–H and O–H groups in total. The second-order valence-electron chi connectivity index (χ2n) is 4.17. The standard InChI is InChI=1S/C11H14BrN5O2S/c1-17-7-14-11(16-17)4-5-15-20(18,19)8-2-3-9(12)10(13)6-8/h2-3,6-7,15H,4-5,13H2,1H3. The maximum atomic E-state index is 12.1. The van der Waals surface area contributed by atoms with Gasteiger partial charge in [0, 0.05) is 30.2 Å². The predicted molar refractivity (Wildman–Crippen MR) is 78.4 cm³/mol. The first kappa shape index (κ1) is 14.9. The zero-order valence-corrected chi connectivity index (χ0v) is 13.1. The molecular formula is C11H14BrN5O2S. The first-order chi connectivity index (χ1) is 9.38. The van der Waals surface area contributed by atoms with Crippen LogP contribution >= 0.6 is 15.9 Å². The lowest BCUT2D eigenvalue weighted by molar-refractivity contribution is 0.580. The van der Waals surface area contributed by atoms with Crippen molar-refractivity contribution in [1.82, 2.24) is 19.5 Å². The van der Waals surface area contributed by atoms with Gasteiger partial charge in [-0.2, -0.15) is 5.10 Å². The van der Waals surface area contributed by atoms with E-state index >= 15 is 0 Å². The van der Waals surface area contributed by atoms with E-state index in [1.54, 1.807) is 24.1 Å². The Morgan fingerprint density at radius 1 is 1.45 bits per heavy atom. The Balaban J connectivity index is 2.02. The molecule has 0 radical (unpaired) electrons. The number of benzene rings is 1. The van der Waals surface area contributed by atoms with E-state index in [-0.39, 0.29) is 11.4 Å². The summed E-state index contributed by atoms with van der Waals surface area (Å²) >= 11 is 3.22. The van der Waals surface area contributed by atoms with Crippen LogP contribution < -0.4 is 10.5 Å². The number of anilines is 1. The second kappa shape index (κ2) is 5.90. The summed E-state index contributed by atoms with van der Waals surface area (Å²) in [5, 5.41) is 4.07. The number of aryl methyl sites for hydroxylation is 1. The third-order valence-electron chi connectivity index (χ3n) is 2.57. The molecule has 0 spiro atoms. The number of hydrogen-bond donors (Lipinski definition) is 2. The molecule has 0 amide bonds. The molecule has 0 unspecified atom stereocenters. The molecular weight excluding hydrogens is 346 g/mol. The molecule has 7 nitrogen and oxygen atoms in total. The molecule has 2 aromatic rings. The predicted octanol–water partition coefficient (Wildman–Crippen LogP) is 0.681. The van der Waals surface area contributed by atoms with Crippen LogP contribution in [0.5, 0.6) is 0 Å². The zero-order valence-electron chi connectivity index (χ0n) is 10.7. The highest BCUT2D eigenvalue weighted by Crippen LogP contribution is 2.22.